The van der Waals surface area contributed by atoms with Crippen LogP contribution in [0.1, 0.15) is 30.1 Å². The number of carbonyl (C=O) groups is 1. The molecule has 6 heteroatoms. The minimum atomic E-state index is -0.415. The van der Waals surface area contributed by atoms with Gasteiger partial charge < -0.3 is 24.4 Å². The lowest BCUT2D eigenvalue weighted by atomic mass is 9.82. The molecule has 0 fully saturated rings. The van der Waals surface area contributed by atoms with Gasteiger partial charge in [-0.15, -0.1) is 0 Å². The van der Waals surface area contributed by atoms with Crippen molar-refractivity contribution in [3.8, 4) is 11.5 Å². The summed E-state index contributed by atoms with van der Waals surface area (Å²) >= 11 is 0. The number of nitrogens with one attached hydrogen (secondary N) is 2. The molecule has 0 saturated carbocycles. The molecule has 150 valence electrons. The van der Waals surface area contributed by atoms with Gasteiger partial charge in [0, 0.05) is 18.2 Å². The van der Waals surface area contributed by atoms with Crippen LogP contribution < -0.4 is 19.7 Å². The van der Waals surface area contributed by atoms with Crippen molar-refractivity contribution in [2.75, 3.05) is 34.9 Å². The van der Waals surface area contributed by atoms with Gasteiger partial charge in [-0.25, -0.2) is 4.79 Å². The van der Waals surface area contributed by atoms with E-state index in [9.17, 15) is 4.79 Å². The first-order valence-electron chi connectivity index (χ1n) is 9.49. The fourth-order valence-electron chi connectivity index (χ4n) is 3.61. The summed E-state index contributed by atoms with van der Waals surface area (Å²) in [7, 11) is 7.37. The molecule has 0 aromatic heterocycles. The number of quaternary nitrogens is 1. The highest BCUT2D eigenvalue weighted by atomic mass is 16.5. The number of hydrogen-bond acceptors (Lipinski definition) is 5. The smallest absolute Gasteiger partial charge is 0.343 e. The molecule has 2 aliphatic rings. The van der Waals surface area contributed by atoms with E-state index in [1.54, 1.807) is 32.4 Å². The van der Waals surface area contributed by atoms with E-state index in [2.05, 4.69) is 32.5 Å². The molecule has 1 aromatic rings. The minimum Gasteiger partial charge on any atom is -0.493 e. The molecule has 0 bridgehead atoms. The third kappa shape index (κ3) is 3.92. The summed E-state index contributed by atoms with van der Waals surface area (Å²) in [5, 5.41) is 3.48. The Bertz CT molecular complexity index is 854. The quantitative estimate of drug-likeness (QED) is 0.702. The van der Waals surface area contributed by atoms with Crippen LogP contribution in [0.5, 0.6) is 11.5 Å². The van der Waals surface area contributed by atoms with Crippen LogP contribution in [0.3, 0.4) is 0 Å². The van der Waals surface area contributed by atoms with E-state index in [0.717, 1.165) is 25.0 Å². The molecular weight excluding hydrogens is 356 g/mol. The number of benzene rings is 1. The Balaban J connectivity index is 1.88. The standard InChI is InChI=1S/C22H28N2O4/c1-22-11-6-7-18(20(22)16(14-23-22)10-12-24(2)3)28-21(25)15-8-9-17(26-4)19(13-15)27-5/h6-9,13-14,23H,10-12H2,1-5H3/p+1. The van der Waals surface area contributed by atoms with Crippen molar-refractivity contribution in [3.05, 3.63) is 59.0 Å². The Morgan fingerprint density at radius 2 is 1.96 bits per heavy atom. The predicted molar refractivity (Wildman–Crippen MR) is 108 cm³/mol. The first kappa shape index (κ1) is 20.0. The summed E-state index contributed by atoms with van der Waals surface area (Å²) in [6.45, 7) is 3.15. The van der Waals surface area contributed by atoms with E-state index >= 15 is 0 Å². The molecule has 1 heterocycles. The normalized spacial score (nSPS) is 20.6. The van der Waals surface area contributed by atoms with Gasteiger partial charge in [-0.05, 0) is 43.2 Å². The van der Waals surface area contributed by atoms with Gasteiger partial charge in [0.05, 0.1) is 46.0 Å². The monoisotopic (exact) mass is 385 g/mol. The second kappa shape index (κ2) is 8.10. The summed E-state index contributed by atoms with van der Waals surface area (Å²) < 4.78 is 16.4. The molecule has 0 radical (unpaired) electrons. The van der Waals surface area contributed by atoms with Crippen molar-refractivity contribution in [2.45, 2.75) is 25.3 Å². The maximum absolute atomic E-state index is 12.8. The molecule has 0 saturated heterocycles. The molecule has 0 amide bonds. The SMILES string of the molecule is COc1ccc(C(=O)OC2=C3C(CC[NH+](C)C)=CNC3(C)CC=C2)cc1OC. The maximum atomic E-state index is 12.8. The Hall–Kier alpha value is -2.73. The zero-order valence-corrected chi connectivity index (χ0v) is 17.2. The summed E-state index contributed by atoms with van der Waals surface area (Å²) in [5.74, 6) is 1.26. The van der Waals surface area contributed by atoms with Crippen molar-refractivity contribution in [3.63, 3.8) is 0 Å². The average Bonchev–Trinajstić information content (AvgIpc) is 3.03. The number of hydrogen-bond donors (Lipinski definition) is 2. The predicted octanol–water partition coefficient (Wildman–Crippen LogP) is 1.85. The van der Waals surface area contributed by atoms with E-state index in [1.807, 2.05) is 12.2 Å². The van der Waals surface area contributed by atoms with Crippen LogP contribution >= 0.6 is 0 Å². The van der Waals surface area contributed by atoms with Crippen LogP contribution in [0.25, 0.3) is 0 Å². The lowest BCUT2D eigenvalue weighted by molar-refractivity contribution is -0.857. The van der Waals surface area contributed by atoms with Crippen molar-refractivity contribution in [1.29, 1.82) is 0 Å². The Morgan fingerprint density at radius 3 is 2.64 bits per heavy atom. The largest absolute Gasteiger partial charge is 0.493 e. The third-order valence-corrected chi connectivity index (χ3v) is 5.20. The van der Waals surface area contributed by atoms with Crippen LogP contribution in [0.2, 0.25) is 0 Å². The van der Waals surface area contributed by atoms with Crippen LogP contribution in [0.15, 0.2) is 53.5 Å². The first-order valence-corrected chi connectivity index (χ1v) is 9.49. The van der Waals surface area contributed by atoms with Gasteiger partial charge in [0.1, 0.15) is 5.76 Å². The van der Waals surface area contributed by atoms with E-state index in [-0.39, 0.29) is 5.54 Å². The zero-order valence-electron chi connectivity index (χ0n) is 17.2. The number of fused-ring (bicyclic) bond motifs is 1. The van der Waals surface area contributed by atoms with Crippen molar-refractivity contribution < 1.29 is 23.9 Å². The van der Waals surface area contributed by atoms with E-state index in [1.165, 1.54) is 10.5 Å². The van der Waals surface area contributed by atoms with Gasteiger partial charge >= 0.3 is 5.97 Å². The fourth-order valence-corrected chi connectivity index (χ4v) is 3.61. The van der Waals surface area contributed by atoms with Gasteiger partial charge in [-0.1, -0.05) is 6.08 Å². The zero-order chi connectivity index (χ0) is 20.3. The van der Waals surface area contributed by atoms with Crippen LogP contribution in [0, 0.1) is 0 Å². The summed E-state index contributed by atoms with van der Waals surface area (Å²) in [5.41, 5.74) is 2.45. The van der Waals surface area contributed by atoms with E-state index < -0.39 is 5.97 Å². The molecule has 0 spiro atoms. The molecule has 6 nitrogen and oxygen atoms in total. The average molecular weight is 385 g/mol. The minimum absolute atomic E-state index is 0.237. The first-order chi connectivity index (χ1) is 13.4. The van der Waals surface area contributed by atoms with Gasteiger partial charge in [0.2, 0.25) is 0 Å². The molecule has 1 aliphatic heterocycles. The van der Waals surface area contributed by atoms with Crippen LogP contribution in [-0.2, 0) is 4.74 Å². The number of esters is 1. The number of allylic oxidation sites excluding steroid dienone is 1. The Morgan fingerprint density at radius 1 is 1.21 bits per heavy atom. The molecule has 1 atom stereocenters. The fraction of sp³-hybridized carbons (Fsp3) is 0.409. The third-order valence-electron chi connectivity index (χ3n) is 5.20. The Labute approximate surface area is 166 Å². The molecule has 28 heavy (non-hydrogen) atoms. The van der Waals surface area contributed by atoms with Crippen LogP contribution in [0.4, 0.5) is 0 Å². The van der Waals surface area contributed by atoms with Gasteiger partial charge in [-0.3, -0.25) is 0 Å². The molecule has 1 unspecified atom stereocenters. The summed E-state index contributed by atoms with van der Waals surface area (Å²) in [4.78, 5) is 14.2. The van der Waals surface area contributed by atoms with E-state index in [4.69, 9.17) is 14.2 Å². The topological polar surface area (TPSA) is 61.2 Å². The molecule has 3 rings (SSSR count). The number of carbonyl (C=O) groups excluding carboxylic acids is 1. The lowest BCUT2D eigenvalue weighted by Crippen LogP contribution is -3.05. The molecular formula is C22H29N2O4+. The second-order valence-corrected chi connectivity index (χ2v) is 7.66. The number of methoxy groups -OCH3 is 2. The van der Waals surface area contributed by atoms with Gasteiger partial charge in [-0.2, -0.15) is 0 Å². The van der Waals surface area contributed by atoms with Crippen LogP contribution in [-0.4, -0.2) is 46.4 Å². The van der Waals surface area contributed by atoms with Gasteiger partial charge in [0.15, 0.2) is 11.5 Å². The van der Waals surface area contributed by atoms with E-state index in [0.29, 0.717) is 22.8 Å². The lowest BCUT2D eigenvalue weighted by Gasteiger charge is -2.31. The molecule has 1 aliphatic carbocycles. The van der Waals surface area contributed by atoms with Gasteiger partial charge in [0.25, 0.3) is 0 Å². The molecule has 1 aromatic carbocycles. The maximum Gasteiger partial charge on any atom is 0.343 e. The molecule has 2 N–H and O–H groups in total. The second-order valence-electron chi connectivity index (χ2n) is 7.66. The van der Waals surface area contributed by atoms with Crippen molar-refractivity contribution in [2.24, 2.45) is 0 Å². The number of rotatable bonds is 7. The Kier molecular flexibility index (Phi) is 5.79. The van der Waals surface area contributed by atoms with Crippen molar-refractivity contribution in [1.82, 2.24) is 5.32 Å². The highest BCUT2D eigenvalue weighted by Gasteiger charge is 2.39. The highest BCUT2D eigenvalue weighted by Crippen LogP contribution is 2.40. The highest BCUT2D eigenvalue weighted by molar-refractivity contribution is 5.91. The van der Waals surface area contributed by atoms with Crippen molar-refractivity contribution >= 4 is 5.97 Å². The summed E-state index contributed by atoms with van der Waals surface area (Å²) in [6, 6.07) is 5.02. The number of ether oxygens (including phenoxy) is 3. The summed E-state index contributed by atoms with van der Waals surface area (Å²) in [6.07, 6.45) is 7.79.